The van der Waals surface area contributed by atoms with Crippen LogP contribution < -0.4 is 11.1 Å². The summed E-state index contributed by atoms with van der Waals surface area (Å²) in [5, 5.41) is 2.94. The van der Waals surface area contributed by atoms with Gasteiger partial charge in [-0.15, -0.1) is 0 Å². The van der Waals surface area contributed by atoms with Gasteiger partial charge in [-0.3, -0.25) is 4.79 Å². The third-order valence-electron chi connectivity index (χ3n) is 3.71. The Balaban J connectivity index is 1.86. The molecule has 1 aliphatic rings. The van der Waals surface area contributed by atoms with Crippen LogP contribution in [0.3, 0.4) is 0 Å². The number of carbonyl (C=O) groups excluding carboxylic acids is 1. The number of aryl methyl sites for hydroxylation is 1. The molecule has 2 unspecified atom stereocenters. The smallest absolute Gasteiger partial charge is 0.287 e. The largest absolute Gasteiger partial charge is 0.459 e. The standard InChI is InChI=1S/C13H20N2O2/c1-9-5-6-17-12(9)13(16)15-8-11-4-2-3-10(11)7-14/h5-6,10-11H,2-4,7-8,14H2,1H3,(H,15,16). The quantitative estimate of drug-likeness (QED) is 0.836. The van der Waals surface area contributed by atoms with Crippen LogP contribution in [0.15, 0.2) is 16.7 Å². The predicted octanol–water partition coefficient (Wildman–Crippen LogP) is 1.69. The van der Waals surface area contributed by atoms with Gasteiger partial charge in [0.2, 0.25) is 0 Å². The molecule has 0 aromatic carbocycles. The zero-order chi connectivity index (χ0) is 12.3. The minimum absolute atomic E-state index is 0.116. The normalized spacial score (nSPS) is 23.9. The number of hydrogen-bond acceptors (Lipinski definition) is 3. The molecule has 1 aromatic heterocycles. The van der Waals surface area contributed by atoms with Gasteiger partial charge in [0, 0.05) is 12.1 Å². The van der Waals surface area contributed by atoms with Crippen LogP contribution in [0, 0.1) is 18.8 Å². The molecule has 0 saturated heterocycles. The second kappa shape index (κ2) is 5.36. The van der Waals surface area contributed by atoms with Crippen LogP contribution in [-0.4, -0.2) is 19.0 Å². The third kappa shape index (κ3) is 2.69. The lowest BCUT2D eigenvalue weighted by Gasteiger charge is -2.17. The first-order valence-electron chi connectivity index (χ1n) is 6.24. The fraction of sp³-hybridized carbons (Fsp3) is 0.615. The van der Waals surface area contributed by atoms with Crippen LogP contribution >= 0.6 is 0 Å². The molecule has 1 fully saturated rings. The molecule has 1 aromatic rings. The van der Waals surface area contributed by atoms with Crippen LogP contribution in [-0.2, 0) is 0 Å². The van der Waals surface area contributed by atoms with Gasteiger partial charge in [0.15, 0.2) is 5.76 Å². The Morgan fingerprint density at radius 3 is 2.94 bits per heavy atom. The van der Waals surface area contributed by atoms with Gasteiger partial charge in [-0.1, -0.05) is 6.42 Å². The lowest BCUT2D eigenvalue weighted by Crippen LogP contribution is -2.32. The number of hydrogen-bond donors (Lipinski definition) is 2. The summed E-state index contributed by atoms with van der Waals surface area (Å²) in [5.41, 5.74) is 6.60. The van der Waals surface area contributed by atoms with Crippen molar-refractivity contribution in [3.63, 3.8) is 0 Å². The Labute approximate surface area is 102 Å². The Morgan fingerprint density at radius 2 is 2.29 bits per heavy atom. The second-order valence-corrected chi connectivity index (χ2v) is 4.83. The van der Waals surface area contributed by atoms with Crippen molar-refractivity contribution in [1.29, 1.82) is 0 Å². The minimum atomic E-state index is -0.116. The molecular formula is C13H20N2O2. The number of rotatable bonds is 4. The van der Waals surface area contributed by atoms with Crippen LogP contribution in [0.4, 0.5) is 0 Å². The van der Waals surface area contributed by atoms with Gasteiger partial charge in [0.05, 0.1) is 6.26 Å². The fourth-order valence-corrected chi connectivity index (χ4v) is 2.60. The number of furan rings is 1. The van der Waals surface area contributed by atoms with Crippen LogP contribution in [0.2, 0.25) is 0 Å². The SMILES string of the molecule is Cc1ccoc1C(=O)NCC1CCCC1CN. The third-order valence-corrected chi connectivity index (χ3v) is 3.71. The molecule has 4 heteroatoms. The van der Waals surface area contributed by atoms with Crippen LogP contribution in [0.5, 0.6) is 0 Å². The highest BCUT2D eigenvalue weighted by atomic mass is 16.3. The summed E-state index contributed by atoms with van der Waals surface area (Å²) < 4.78 is 5.16. The maximum Gasteiger partial charge on any atom is 0.287 e. The van der Waals surface area contributed by atoms with E-state index >= 15 is 0 Å². The molecule has 0 spiro atoms. The molecule has 4 nitrogen and oxygen atoms in total. The van der Waals surface area contributed by atoms with Gasteiger partial charge in [0.25, 0.3) is 5.91 Å². The average molecular weight is 236 g/mol. The average Bonchev–Trinajstić information content (AvgIpc) is 2.94. The maximum absolute atomic E-state index is 11.8. The molecule has 1 amide bonds. The Hall–Kier alpha value is -1.29. The van der Waals surface area contributed by atoms with Crippen molar-refractivity contribution >= 4 is 5.91 Å². The van der Waals surface area contributed by atoms with E-state index in [4.69, 9.17) is 10.2 Å². The molecule has 0 bridgehead atoms. The molecule has 2 atom stereocenters. The van der Waals surface area contributed by atoms with Gasteiger partial charge >= 0.3 is 0 Å². The Morgan fingerprint density at radius 1 is 1.53 bits per heavy atom. The molecule has 1 heterocycles. The van der Waals surface area contributed by atoms with Crippen molar-refractivity contribution < 1.29 is 9.21 Å². The van der Waals surface area contributed by atoms with Crippen molar-refractivity contribution in [1.82, 2.24) is 5.32 Å². The van der Waals surface area contributed by atoms with Crippen LogP contribution in [0.25, 0.3) is 0 Å². The van der Waals surface area contributed by atoms with E-state index in [0.29, 0.717) is 24.1 Å². The Kier molecular flexibility index (Phi) is 3.84. The summed E-state index contributed by atoms with van der Waals surface area (Å²) in [7, 11) is 0. The van der Waals surface area contributed by atoms with Crippen molar-refractivity contribution in [2.24, 2.45) is 17.6 Å². The van der Waals surface area contributed by atoms with E-state index in [1.165, 1.54) is 19.3 Å². The topological polar surface area (TPSA) is 68.3 Å². The number of nitrogens with two attached hydrogens (primary N) is 1. The molecule has 17 heavy (non-hydrogen) atoms. The summed E-state index contributed by atoms with van der Waals surface area (Å²) in [6.07, 6.45) is 5.13. The molecule has 1 saturated carbocycles. The van der Waals surface area contributed by atoms with Gasteiger partial charge in [-0.2, -0.15) is 0 Å². The lowest BCUT2D eigenvalue weighted by atomic mass is 9.96. The highest BCUT2D eigenvalue weighted by Crippen LogP contribution is 2.30. The predicted molar refractivity (Wildman–Crippen MR) is 65.7 cm³/mol. The van der Waals surface area contributed by atoms with Crippen molar-refractivity contribution in [2.75, 3.05) is 13.1 Å². The summed E-state index contributed by atoms with van der Waals surface area (Å²) in [4.78, 5) is 11.8. The molecule has 1 aliphatic carbocycles. The van der Waals surface area contributed by atoms with Crippen molar-refractivity contribution in [2.45, 2.75) is 26.2 Å². The van der Waals surface area contributed by atoms with Gasteiger partial charge in [-0.25, -0.2) is 0 Å². The lowest BCUT2D eigenvalue weighted by molar-refractivity contribution is 0.0915. The zero-order valence-electron chi connectivity index (χ0n) is 10.2. The van der Waals surface area contributed by atoms with Crippen molar-refractivity contribution in [3.05, 3.63) is 23.7 Å². The van der Waals surface area contributed by atoms with E-state index in [1.54, 1.807) is 12.3 Å². The van der Waals surface area contributed by atoms with Gasteiger partial charge in [0.1, 0.15) is 0 Å². The highest BCUT2D eigenvalue weighted by molar-refractivity contribution is 5.92. The molecule has 0 radical (unpaired) electrons. The first kappa shape index (κ1) is 12.2. The van der Waals surface area contributed by atoms with Crippen molar-refractivity contribution in [3.8, 4) is 0 Å². The number of carbonyl (C=O) groups is 1. The summed E-state index contributed by atoms with van der Waals surface area (Å²) >= 11 is 0. The highest BCUT2D eigenvalue weighted by Gasteiger charge is 2.26. The minimum Gasteiger partial charge on any atom is -0.459 e. The second-order valence-electron chi connectivity index (χ2n) is 4.83. The van der Waals surface area contributed by atoms with E-state index in [-0.39, 0.29) is 5.91 Å². The van der Waals surface area contributed by atoms with Crippen LogP contribution in [0.1, 0.15) is 35.4 Å². The molecule has 2 rings (SSSR count). The monoisotopic (exact) mass is 236 g/mol. The summed E-state index contributed by atoms with van der Waals surface area (Å²) in [5.74, 6) is 1.40. The Bertz CT molecular complexity index is 387. The molecule has 0 aliphatic heterocycles. The van der Waals surface area contributed by atoms with E-state index in [1.807, 2.05) is 6.92 Å². The number of nitrogens with one attached hydrogen (secondary N) is 1. The van der Waals surface area contributed by atoms with E-state index in [9.17, 15) is 4.79 Å². The summed E-state index contributed by atoms with van der Waals surface area (Å²) in [6.45, 7) is 3.30. The van der Waals surface area contributed by atoms with E-state index in [2.05, 4.69) is 5.32 Å². The van der Waals surface area contributed by atoms with E-state index < -0.39 is 0 Å². The van der Waals surface area contributed by atoms with E-state index in [0.717, 1.165) is 12.1 Å². The molecular weight excluding hydrogens is 216 g/mol. The first-order valence-corrected chi connectivity index (χ1v) is 6.24. The molecule has 94 valence electrons. The van der Waals surface area contributed by atoms with Gasteiger partial charge < -0.3 is 15.5 Å². The summed E-state index contributed by atoms with van der Waals surface area (Å²) in [6, 6.07) is 1.80. The fourth-order valence-electron chi connectivity index (χ4n) is 2.60. The maximum atomic E-state index is 11.8. The van der Waals surface area contributed by atoms with Gasteiger partial charge in [-0.05, 0) is 44.2 Å². The number of amides is 1. The zero-order valence-corrected chi connectivity index (χ0v) is 10.2. The first-order chi connectivity index (χ1) is 8.22. The molecule has 3 N–H and O–H groups in total.